The Morgan fingerprint density at radius 3 is 2.35 bits per heavy atom. The van der Waals surface area contributed by atoms with Gasteiger partial charge in [0.1, 0.15) is 36.2 Å². The van der Waals surface area contributed by atoms with E-state index in [1.54, 1.807) is 12.1 Å². The van der Waals surface area contributed by atoms with E-state index in [0.29, 0.717) is 37.9 Å². The lowest BCUT2D eigenvalue weighted by Gasteiger charge is -2.21. The first-order chi connectivity index (χ1) is 16.7. The van der Waals surface area contributed by atoms with Crippen molar-refractivity contribution in [2.45, 2.75) is 13.5 Å². The summed E-state index contributed by atoms with van der Waals surface area (Å²) in [5.41, 5.74) is 5.40. The van der Waals surface area contributed by atoms with Gasteiger partial charge in [-0.05, 0) is 55.0 Å². The molecule has 0 amide bonds. The Morgan fingerprint density at radius 2 is 1.62 bits per heavy atom. The first kappa shape index (κ1) is 20.5. The molecule has 0 saturated heterocycles. The van der Waals surface area contributed by atoms with Crippen LogP contribution in [0, 0.1) is 5.82 Å². The van der Waals surface area contributed by atoms with E-state index in [9.17, 15) is 4.39 Å². The molecule has 0 saturated carbocycles. The van der Waals surface area contributed by atoms with Crippen molar-refractivity contribution in [3.05, 3.63) is 78.2 Å². The molecule has 3 aliphatic heterocycles. The number of nitrogens with zero attached hydrogens (tertiary/aromatic N) is 3. The van der Waals surface area contributed by atoms with Gasteiger partial charge >= 0.3 is 0 Å². The molecule has 3 aliphatic rings. The topological polar surface area (TPSA) is 58.4 Å². The molecule has 0 atom stereocenters. The first-order valence-electron chi connectivity index (χ1n) is 11.3. The summed E-state index contributed by atoms with van der Waals surface area (Å²) >= 11 is 0. The Bertz CT molecular complexity index is 1450. The highest BCUT2D eigenvalue weighted by Crippen LogP contribution is 2.42. The predicted molar refractivity (Wildman–Crippen MR) is 127 cm³/mol. The van der Waals surface area contributed by atoms with Gasteiger partial charge in [0.05, 0.1) is 12.1 Å². The SMILES string of the molecule is CCOc1ccc(-c2nnc3c4cc5c(cc4n(Cc4ccc(F)cc4)cc2-3)OCCO5)cc1. The molecule has 0 aromatic heterocycles. The Balaban J connectivity index is 1.53. The fraction of sp³-hybridized carbons (Fsp3) is 0.185. The molecule has 3 heterocycles. The Labute approximate surface area is 195 Å². The summed E-state index contributed by atoms with van der Waals surface area (Å²) in [5.74, 6) is 1.97. The standard InChI is InChI=1S/C27H22FN3O3/c1-2-32-20-9-5-18(6-10-20)26-22-16-31(15-17-3-7-19(28)8-4-17)23-14-25-24(33-11-12-34-25)13-21(23)27(22)30-29-26/h3-10,13-14,16H,2,11-12,15H2,1H3. The van der Waals surface area contributed by atoms with E-state index in [1.807, 2.05) is 43.3 Å². The number of benzene rings is 3. The van der Waals surface area contributed by atoms with E-state index in [4.69, 9.17) is 14.2 Å². The van der Waals surface area contributed by atoms with Gasteiger partial charge in [0.15, 0.2) is 11.5 Å². The van der Waals surface area contributed by atoms with Crippen molar-refractivity contribution < 1.29 is 18.6 Å². The molecule has 0 aliphatic carbocycles. The zero-order valence-corrected chi connectivity index (χ0v) is 18.6. The summed E-state index contributed by atoms with van der Waals surface area (Å²) in [6.07, 6.45) is 2.06. The zero-order valence-electron chi connectivity index (χ0n) is 18.6. The molecule has 170 valence electrons. The number of hydrogen-bond acceptors (Lipinski definition) is 5. The Morgan fingerprint density at radius 1 is 0.912 bits per heavy atom. The molecule has 7 heteroatoms. The quantitative estimate of drug-likeness (QED) is 0.347. The maximum absolute atomic E-state index is 13.5. The summed E-state index contributed by atoms with van der Waals surface area (Å²) in [7, 11) is 0. The second-order valence-electron chi connectivity index (χ2n) is 8.16. The predicted octanol–water partition coefficient (Wildman–Crippen LogP) is 5.56. The van der Waals surface area contributed by atoms with Gasteiger partial charge in [-0.1, -0.05) is 12.1 Å². The van der Waals surface area contributed by atoms with Gasteiger partial charge in [-0.2, -0.15) is 0 Å². The second kappa shape index (κ2) is 8.33. The van der Waals surface area contributed by atoms with Crippen LogP contribution in [0.4, 0.5) is 4.39 Å². The van der Waals surface area contributed by atoms with Crippen molar-refractivity contribution in [2.24, 2.45) is 0 Å². The van der Waals surface area contributed by atoms with Crippen molar-refractivity contribution in [3.8, 4) is 39.8 Å². The van der Waals surface area contributed by atoms with Crippen LogP contribution in [0.15, 0.2) is 66.9 Å². The summed E-state index contributed by atoms with van der Waals surface area (Å²) in [6.45, 7) is 4.15. The second-order valence-corrected chi connectivity index (χ2v) is 8.16. The number of hydrogen-bond donors (Lipinski definition) is 0. The summed E-state index contributed by atoms with van der Waals surface area (Å²) in [5, 5.41) is 10.0. The van der Waals surface area contributed by atoms with E-state index in [0.717, 1.165) is 44.7 Å². The van der Waals surface area contributed by atoms with Gasteiger partial charge in [-0.15, -0.1) is 10.2 Å². The molecule has 0 bridgehead atoms. The largest absolute Gasteiger partial charge is 0.494 e. The molecule has 0 N–H and O–H groups in total. The Kier molecular flexibility index (Phi) is 5.02. The molecule has 3 aromatic rings. The summed E-state index contributed by atoms with van der Waals surface area (Å²) < 4.78 is 32.9. The third-order valence-corrected chi connectivity index (χ3v) is 5.98. The number of halogens is 1. The molecule has 34 heavy (non-hydrogen) atoms. The van der Waals surface area contributed by atoms with Crippen LogP contribution < -0.4 is 14.2 Å². The van der Waals surface area contributed by atoms with Crippen LogP contribution >= 0.6 is 0 Å². The molecule has 6 rings (SSSR count). The van der Waals surface area contributed by atoms with Crippen LogP contribution in [0.2, 0.25) is 0 Å². The molecular weight excluding hydrogens is 433 g/mol. The fourth-order valence-corrected chi connectivity index (χ4v) is 4.38. The summed E-state index contributed by atoms with van der Waals surface area (Å²) in [6, 6.07) is 18.4. The maximum atomic E-state index is 13.5. The van der Waals surface area contributed by atoms with Crippen LogP contribution in [0.25, 0.3) is 33.4 Å². The van der Waals surface area contributed by atoms with Crippen molar-refractivity contribution in [3.63, 3.8) is 0 Å². The molecule has 6 nitrogen and oxygen atoms in total. The van der Waals surface area contributed by atoms with Crippen LogP contribution in [0.1, 0.15) is 12.5 Å². The molecule has 0 spiro atoms. The van der Waals surface area contributed by atoms with Crippen LogP contribution in [0.5, 0.6) is 17.2 Å². The highest BCUT2D eigenvalue weighted by atomic mass is 19.1. The zero-order chi connectivity index (χ0) is 23.1. The molecule has 0 unspecified atom stereocenters. The number of ether oxygens (including phenoxy) is 3. The van der Waals surface area contributed by atoms with E-state index < -0.39 is 0 Å². The van der Waals surface area contributed by atoms with Gasteiger partial charge in [0, 0.05) is 35.3 Å². The number of aromatic nitrogens is 3. The lowest BCUT2D eigenvalue weighted by Crippen LogP contribution is -2.15. The minimum atomic E-state index is -0.254. The lowest BCUT2D eigenvalue weighted by molar-refractivity contribution is 0.172. The van der Waals surface area contributed by atoms with Gasteiger partial charge in [-0.25, -0.2) is 4.39 Å². The summed E-state index contributed by atoms with van der Waals surface area (Å²) in [4.78, 5) is 0. The van der Waals surface area contributed by atoms with Crippen molar-refractivity contribution in [2.75, 3.05) is 19.8 Å². The van der Waals surface area contributed by atoms with Gasteiger partial charge in [0.25, 0.3) is 0 Å². The average molecular weight is 455 g/mol. The van der Waals surface area contributed by atoms with E-state index in [2.05, 4.69) is 21.0 Å². The monoisotopic (exact) mass is 455 g/mol. The number of rotatable bonds is 5. The van der Waals surface area contributed by atoms with Crippen LogP contribution in [0.3, 0.4) is 0 Å². The highest BCUT2D eigenvalue weighted by Gasteiger charge is 2.23. The van der Waals surface area contributed by atoms with Crippen LogP contribution in [-0.4, -0.2) is 34.6 Å². The van der Waals surface area contributed by atoms with Crippen molar-refractivity contribution >= 4 is 10.9 Å². The fourth-order valence-electron chi connectivity index (χ4n) is 4.38. The maximum Gasteiger partial charge on any atom is 0.163 e. The normalized spacial score (nSPS) is 12.9. The lowest BCUT2D eigenvalue weighted by atomic mass is 10.0. The van der Waals surface area contributed by atoms with E-state index in [-0.39, 0.29) is 5.82 Å². The highest BCUT2D eigenvalue weighted by molar-refractivity contribution is 5.99. The first-order valence-corrected chi connectivity index (χ1v) is 11.3. The molecule has 3 aromatic carbocycles. The third kappa shape index (κ3) is 3.59. The van der Waals surface area contributed by atoms with Gasteiger partial charge in [-0.3, -0.25) is 0 Å². The minimum absolute atomic E-state index is 0.254. The molecular formula is C27H22FN3O3. The van der Waals surface area contributed by atoms with E-state index in [1.165, 1.54) is 12.1 Å². The number of pyridine rings is 1. The van der Waals surface area contributed by atoms with E-state index >= 15 is 0 Å². The Hall–Kier alpha value is -4.13. The average Bonchev–Trinajstić information content (AvgIpc) is 3.29. The third-order valence-electron chi connectivity index (χ3n) is 5.98. The molecule has 0 radical (unpaired) electrons. The van der Waals surface area contributed by atoms with Crippen molar-refractivity contribution in [1.82, 2.24) is 14.8 Å². The smallest absolute Gasteiger partial charge is 0.163 e. The number of fused-ring (bicyclic) bond motifs is 4. The minimum Gasteiger partial charge on any atom is -0.494 e. The van der Waals surface area contributed by atoms with Gasteiger partial charge in [0.2, 0.25) is 0 Å². The van der Waals surface area contributed by atoms with Gasteiger partial charge < -0.3 is 18.8 Å². The van der Waals surface area contributed by atoms with Crippen molar-refractivity contribution in [1.29, 1.82) is 0 Å². The molecule has 0 fully saturated rings. The van der Waals surface area contributed by atoms with Crippen LogP contribution in [-0.2, 0) is 6.54 Å².